The Hall–Kier alpha value is 2.74. The third kappa shape index (κ3) is 8.83. The summed E-state index contributed by atoms with van der Waals surface area (Å²) in [6, 6.07) is 0. The van der Waals surface area contributed by atoms with E-state index in [0.717, 1.165) is 0 Å². The topological polar surface area (TPSA) is 0 Å². The summed E-state index contributed by atoms with van der Waals surface area (Å²) in [5.74, 6) is 0. The van der Waals surface area contributed by atoms with E-state index in [1.807, 2.05) is 0 Å². The van der Waals surface area contributed by atoms with E-state index in [0.29, 0.717) is 0 Å². The summed E-state index contributed by atoms with van der Waals surface area (Å²) in [6.07, 6.45) is 0. The average molecular weight is 157 g/mol. The van der Waals surface area contributed by atoms with Crippen LogP contribution in [-0.4, -0.2) is 51.4 Å². The minimum atomic E-state index is 0. The SMILES string of the molecule is [CH2-]C.[K].[Y]. The van der Waals surface area contributed by atoms with Crippen molar-refractivity contribution in [1.29, 1.82) is 0 Å². The van der Waals surface area contributed by atoms with Gasteiger partial charge in [-0.3, -0.25) is 0 Å². The molecule has 0 heterocycles. The summed E-state index contributed by atoms with van der Waals surface area (Å²) in [6.45, 7) is 5.00. The van der Waals surface area contributed by atoms with Crippen LogP contribution in [0, 0.1) is 6.92 Å². The van der Waals surface area contributed by atoms with Crippen molar-refractivity contribution >= 4 is 51.4 Å². The quantitative estimate of drug-likeness (QED) is 0.354. The molecular formula is C2H5KY-. The number of hydrogen-bond donors (Lipinski definition) is 0. The van der Waals surface area contributed by atoms with E-state index in [9.17, 15) is 0 Å². The van der Waals surface area contributed by atoms with Gasteiger partial charge in [-0.2, -0.15) is 6.92 Å². The van der Waals surface area contributed by atoms with E-state index in [4.69, 9.17) is 0 Å². The van der Waals surface area contributed by atoms with Gasteiger partial charge in [0.1, 0.15) is 0 Å². The van der Waals surface area contributed by atoms with Crippen molar-refractivity contribution in [2.75, 3.05) is 0 Å². The molecule has 0 fully saturated rings. The molecule has 0 nitrogen and oxygen atoms in total. The molecule has 0 saturated carbocycles. The van der Waals surface area contributed by atoms with Gasteiger partial charge in [-0.05, 0) is 0 Å². The van der Waals surface area contributed by atoms with Crippen molar-refractivity contribution in [3.63, 3.8) is 0 Å². The van der Waals surface area contributed by atoms with Gasteiger partial charge in [-0.25, -0.2) is 0 Å². The molecule has 0 aromatic heterocycles. The molecule has 0 aromatic carbocycles. The molecule has 18 valence electrons. The van der Waals surface area contributed by atoms with Gasteiger partial charge >= 0.3 is 0 Å². The zero-order valence-corrected chi connectivity index (χ0v) is 9.25. The predicted molar refractivity (Wildman–Crippen MR) is 16.8 cm³/mol. The second kappa shape index (κ2) is 17.2. The van der Waals surface area contributed by atoms with Gasteiger partial charge in [0.25, 0.3) is 0 Å². The molecule has 0 saturated heterocycles. The van der Waals surface area contributed by atoms with E-state index in [-0.39, 0.29) is 84.1 Å². The molecule has 0 atom stereocenters. The minimum absolute atomic E-state index is 0. The molecule has 0 aliphatic heterocycles. The molecular weight excluding hydrogens is 152 g/mol. The monoisotopic (exact) mass is 157 g/mol. The van der Waals surface area contributed by atoms with Crippen LogP contribution in [0.15, 0.2) is 0 Å². The molecule has 0 rings (SSSR count). The fourth-order valence-corrected chi connectivity index (χ4v) is 0. The summed E-state index contributed by atoms with van der Waals surface area (Å²) >= 11 is 0. The van der Waals surface area contributed by atoms with Crippen LogP contribution in [-0.2, 0) is 32.7 Å². The zero-order valence-electron chi connectivity index (χ0n) is 3.28. The first kappa shape index (κ1) is 15.9. The molecule has 2 heteroatoms. The maximum Gasteiger partial charge on any atom is 0 e. The van der Waals surface area contributed by atoms with Gasteiger partial charge < -0.3 is 6.92 Å². The second-order valence-electron chi connectivity index (χ2n) is 0. The first-order valence-corrected chi connectivity index (χ1v) is 0.707. The van der Waals surface area contributed by atoms with Crippen LogP contribution in [0.5, 0.6) is 0 Å². The second-order valence-corrected chi connectivity index (χ2v) is 0. The largest absolute Gasteiger partial charge is 0.346 e. The predicted octanol–water partition coefficient (Wildman–Crippen LogP) is 0.457. The van der Waals surface area contributed by atoms with E-state index in [1.54, 1.807) is 6.92 Å². The Morgan fingerprint density at radius 2 is 1.25 bits per heavy atom. The minimum Gasteiger partial charge on any atom is -0.346 e. The number of rotatable bonds is 0. The van der Waals surface area contributed by atoms with Crippen LogP contribution < -0.4 is 0 Å². The Labute approximate surface area is 95.4 Å². The van der Waals surface area contributed by atoms with Crippen LogP contribution in [0.25, 0.3) is 0 Å². The number of hydrogen-bond acceptors (Lipinski definition) is 0. The average Bonchev–Trinajstić information content (AvgIpc) is 1.00. The summed E-state index contributed by atoms with van der Waals surface area (Å²) in [5.41, 5.74) is 0. The van der Waals surface area contributed by atoms with E-state index >= 15 is 0 Å². The van der Waals surface area contributed by atoms with Gasteiger partial charge in [0.2, 0.25) is 0 Å². The Kier molecular flexibility index (Phi) is 68.2. The van der Waals surface area contributed by atoms with Crippen LogP contribution in [0.1, 0.15) is 6.92 Å². The molecule has 0 aliphatic rings. The Morgan fingerprint density at radius 3 is 1.25 bits per heavy atom. The van der Waals surface area contributed by atoms with Crippen LogP contribution in [0.4, 0.5) is 0 Å². The molecule has 4 heavy (non-hydrogen) atoms. The van der Waals surface area contributed by atoms with Gasteiger partial charge in [0.15, 0.2) is 0 Å². The fraction of sp³-hybridized carbons (Fsp3) is 0.500. The van der Waals surface area contributed by atoms with Crippen molar-refractivity contribution in [1.82, 2.24) is 0 Å². The van der Waals surface area contributed by atoms with Crippen molar-refractivity contribution in [3.05, 3.63) is 6.92 Å². The molecule has 0 aliphatic carbocycles. The van der Waals surface area contributed by atoms with Crippen LogP contribution in [0.2, 0.25) is 0 Å². The molecule has 0 spiro atoms. The van der Waals surface area contributed by atoms with Crippen molar-refractivity contribution in [2.24, 2.45) is 0 Å². The zero-order chi connectivity index (χ0) is 2.00. The smallest absolute Gasteiger partial charge is 0 e. The van der Waals surface area contributed by atoms with E-state index in [1.165, 1.54) is 0 Å². The third-order valence-electron chi connectivity index (χ3n) is 0. The Bertz CT molecular complexity index is 6.00. The molecule has 0 unspecified atom stereocenters. The standard InChI is InChI=1S/C2H5.K.Y/c1-2;;/h1H2,2H3;;/q-1;;. The molecule has 2 radical (unpaired) electrons. The Morgan fingerprint density at radius 1 is 1.25 bits per heavy atom. The van der Waals surface area contributed by atoms with Crippen LogP contribution >= 0.6 is 0 Å². The van der Waals surface area contributed by atoms with Crippen molar-refractivity contribution in [3.8, 4) is 0 Å². The molecule has 0 amide bonds. The van der Waals surface area contributed by atoms with Gasteiger partial charge in [-0.1, -0.05) is 0 Å². The van der Waals surface area contributed by atoms with E-state index < -0.39 is 0 Å². The summed E-state index contributed by atoms with van der Waals surface area (Å²) < 4.78 is 0. The molecule has 0 aromatic rings. The van der Waals surface area contributed by atoms with Crippen molar-refractivity contribution in [2.45, 2.75) is 6.92 Å². The molecule has 0 N–H and O–H groups in total. The van der Waals surface area contributed by atoms with Gasteiger partial charge in [-0.15, -0.1) is 0 Å². The summed E-state index contributed by atoms with van der Waals surface area (Å²) in [5, 5.41) is 0. The first-order chi connectivity index (χ1) is 1.00. The summed E-state index contributed by atoms with van der Waals surface area (Å²) in [4.78, 5) is 0. The first-order valence-electron chi connectivity index (χ1n) is 0.707. The van der Waals surface area contributed by atoms with Crippen molar-refractivity contribution < 1.29 is 32.7 Å². The fourth-order valence-electron chi connectivity index (χ4n) is 0. The normalized spacial score (nSPS) is 1.50. The van der Waals surface area contributed by atoms with Crippen LogP contribution in [0.3, 0.4) is 0 Å². The maximum absolute atomic E-state index is 3.25. The third-order valence-corrected chi connectivity index (χ3v) is 0. The molecule has 0 bridgehead atoms. The Balaban J connectivity index is -0.00000000500. The summed E-state index contributed by atoms with van der Waals surface area (Å²) in [7, 11) is 0. The van der Waals surface area contributed by atoms with Gasteiger partial charge in [0, 0.05) is 84.1 Å². The van der Waals surface area contributed by atoms with Gasteiger partial charge in [0.05, 0.1) is 0 Å². The maximum atomic E-state index is 3.25. The van der Waals surface area contributed by atoms with E-state index in [2.05, 4.69) is 6.92 Å².